The third kappa shape index (κ3) is 4.21. The lowest BCUT2D eigenvalue weighted by molar-refractivity contribution is -0.117. The van der Waals surface area contributed by atoms with E-state index in [4.69, 9.17) is 0 Å². The maximum absolute atomic E-state index is 12.4. The number of benzene rings is 2. The summed E-state index contributed by atoms with van der Waals surface area (Å²) in [5, 5.41) is 3.59. The van der Waals surface area contributed by atoms with E-state index >= 15 is 0 Å². The van der Waals surface area contributed by atoms with Crippen molar-refractivity contribution in [3.63, 3.8) is 0 Å². The molecular weight excluding hydrogens is 400 g/mol. The van der Waals surface area contributed by atoms with Gasteiger partial charge in [0.05, 0.1) is 11.7 Å². The lowest BCUT2D eigenvalue weighted by Gasteiger charge is -2.39. The topological polar surface area (TPSA) is 65.5 Å². The first-order valence-corrected chi connectivity index (χ1v) is 10.8. The number of fused-ring (bicyclic) bond motifs is 1. The van der Waals surface area contributed by atoms with Crippen molar-refractivity contribution in [1.29, 1.82) is 0 Å². The molecule has 4 rings (SSSR count). The summed E-state index contributed by atoms with van der Waals surface area (Å²) in [5.41, 5.74) is 5.54. The van der Waals surface area contributed by atoms with Gasteiger partial charge in [0.2, 0.25) is 5.91 Å². The van der Waals surface area contributed by atoms with Crippen molar-refractivity contribution < 1.29 is 9.59 Å². The first-order chi connectivity index (χ1) is 15.3. The van der Waals surface area contributed by atoms with Gasteiger partial charge in [-0.05, 0) is 66.4 Å². The highest BCUT2D eigenvalue weighted by molar-refractivity contribution is 5.96. The zero-order valence-electron chi connectivity index (χ0n) is 18.9. The molecule has 32 heavy (non-hydrogen) atoms. The number of nitrogens with zero attached hydrogens (tertiary/aromatic N) is 3. The molecule has 1 aliphatic heterocycles. The van der Waals surface area contributed by atoms with Crippen LogP contribution in [-0.4, -0.2) is 41.8 Å². The van der Waals surface area contributed by atoms with E-state index in [1.165, 1.54) is 0 Å². The van der Waals surface area contributed by atoms with Gasteiger partial charge in [-0.1, -0.05) is 18.2 Å². The molecule has 2 amide bonds. The number of amides is 2. The van der Waals surface area contributed by atoms with E-state index in [1.807, 2.05) is 59.6 Å². The molecule has 0 saturated heterocycles. The lowest BCUT2D eigenvalue weighted by atomic mass is 9.88. The third-order valence-corrected chi connectivity index (χ3v) is 5.87. The van der Waals surface area contributed by atoms with Gasteiger partial charge in [0, 0.05) is 50.7 Å². The Morgan fingerprint density at radius 3 is 2.53 bits per heavy atom. The number of hydrogen-bond acceptors (Lipinski definition) is 4. The molecule has 0 bridgehead atoms. The molecule has 2 unspecified atom stereocenters. The van der Waals surface area contributed by atoms with Crippen LogP contribution in [0.2, 0.25) is 0 Å². The minimum absolute atomic E-state index is 0.0301. The summed E-state index contributed by atoms with van der Waals surface area (Å²) in [4.78, 5) is 32.5. The summed E-state index contributed by atoms with van der Waals surface area (Å²) >= 11 is 0. The fourth-order valence-corrected chi connectivity index (χ4v) is 4.40. The van der Waals surface area contributed by atoms with E-state index in [-0.39, 0.29) is 23.9 Å². The van der Waals surface area contributed by atoms with Crippen LogP contribution in [0.1, 0.15) is 42.2 Å². The van der Waals surface area contributed by atoms with E-state index < -0.39 is 0 Å². The second-order valence-electron chi connectivity index (χ2n) is 8.47. The molecule has 1 aromatic heterocycles. The summed E-state index contributed by atoms with van der Waals surface area (Å²) in [6, 6.07) is 17.8. The van der Waals surface area contributed by atoms with Crippen LogP contribution in [0.5, 0.6) is 0 Å². The molecular formula is C26H28N4O2. The van der Waals surface area contributed by atoms with E-state index in [2.05, 4.69) is 23.3 Å². The number of anilines is 2. The summed E-state index contributed by atoms with van der Waals surface area (Å²) in [7, 11) is 3.50. The molecule has 6 heteroatoms. The predicted octanol–water partition coefficient (Wildman–Crippen LogP) is 4.75. The van der Waals surface area contributed by atoms with Gasteiger partial charge in [-0.15, -0.1) is 0 Å². The van der Waals surface area contributed by atoms with Gasteiger partial charge in [-0.3, -0.25) is 14.6 Å². The second kappa shape index (κ2) is 8.83. The molecule has 0 radical (unpaired) electrons. The molecule has 0 saturated carbocycles. The second-order valence-corrected chi connectivity index (χ2v) is 8.47. The van der Waals surface area contributed by atoms with Crippen molar-refractivity contribution in [2.24, 2.45) is 0 Å². The summed E-state index contributed by atoms with van der Waals surface area (Å²) in [6.07, 6.45) is 4.34. The molecule has 1 N–H and O–H groups in total. The Balaban J connectivity index is 1.77. The fraction of sp³-hybridized carbons (Fsp3) is 0.269. The van der Waals surface area contributed by atoms with Crippen LogP contribution in [0.3, 0.4) is 0 Å². The average molecular weight is 429 g/mol. The molecule has 0 fully saturated rings. The smallest absolute Gasteiger partial charge is 0.253 e. The Morgan fingerprint density at radius 2 is 1.84 bits per heavy atom. The Kier molecular flexibility index (Phi) is 5.95. The molecule has 2 atom stereocenters. The first-order valence-electron chi connectivity index (χ1n) is 10.8. The Bertz CT molecular complexity index is 1140. The number of hydrogen-bond donors (Lipinski definition) is 1. The maximum atomic E-state index is 12.4. The van der Waals surface area contributed by atoms with Gasteiger partial charge in [-0.2, -0.15) is 0 Å². The fourth-order valence-electron chi connectivity index (χ4n) is 4.40. The zero-order valence-corrected chi connectivity index (χ0v) is 18.9. The van der Waals surface area contributed by atoms with Gasteiger partial charge < -0.3 is 15.1 Å². The van der Waals surface area contributed by atoms with Crippen molar-refractivity contribution in [2.45, 2.75) is 32.4 Å². The normalized spacial score (nSPS) is 17.4. The number of nitrogens with one attached hydrogen (secondary N) is 1. The predicted molar refractivity (Wildman–Crippen MR) is 128 cm³/mol. The number of pyridine rings is 1. The number of rotatable bonds is 4. The molecule has 2 aromatic carbocycles. The number of carbonyl (C=O) groups is 2. The monoisotopic (exact) mass is 428 g/mol. The van der Waals surface area contributed by atoms with Crippen molar-refractivity contribution in [1.82, 2.24) is 9.88 Å². The van der Waals surface area contributed by atoms with Crippen LogP contribution in [0.4, 0.5) is 11.4 Å². The van der Waals surface area contributed by atoms with Crippen LogP contribution in [-0.2, 0) is 4.79 Å². The van der Waals surface area contributed by atoms with Gasteiger partial charge in [-0.25, -0.2) is 0 Å². The van der Waals surface area contributed by atoms with Crippen molar-refractivity contribution >= 4 is 23.2 Å². The van der Waals surface area contributed by atoms with E-state index in [0.717, 1.165) is 34.5 Å². The van der Waals surface area contributed by atoms with E-state index in [1.54, 1.807) is 32.1 Å². The largest absolute Gasteiger partial charge is 0.377 e. The third-order valence-electron chi connectivity index (χ3n) is 5.87. The van der Waals surface area contributed by atoms with E-state index in [0.29, 0.717) is 5.56 Å². The van der Waals surface area contributed by atoms with Crippen molar-refractivity contribution in [3.8, 4) is 11.1 Å². The summed E-state index contributed by atoms with van der Waals surface area (Å²) in [5.74, 6) is 0.00224. The maximum Gasteiger partial charge on any atom is 0.253 e. The van der Waals surface area contributed by atoms with Gasteiger partial charge >= 0.3 is 0 Å². The molecule has 0 aliphatic carbocycles. The zero-order chi connectivity index (χ0) is 22.8. The van der Waals surface area contributed by atoms with Crippen LogP contribution in [0, 0.1) is 0 Å². The van der Waals surface area contributed by atoms with Gasteiger partial charge in [0.1, 0.15) is 0 Å². The van der Waals surface area contributed by atoms with Gasteiger partial charge in [0.25, 0.3) is 5.91 Å². The Labute approximate surface area is 188 Å². The lowest BCUT2D eigenvalue weighted by Crippen LogP contribution is -2.43. The standard InChI is InChI=1S/C26H28N4O2/c1-17-13-24(28-22-9-6-12-27-16-22)23-15-20(10-11-25(23)30(17)18(2)31)19-7-5-8-21(14-19)26(32)29(3)4/h5-12,14-17,24,28H,13H2,1-4H3. The van der Waals surface area contributed by atoms with Crippen molar-refractivity contribution in [3.05, 3.63) is 78.1 Å². The van der Waals surface area contributed by atoms with Crippen LogP contribution in [0.25, 0.3) is 11.1 Å². The van der Waals surface area contributed by atoms with Crippen molar-refractivity contribution in [2.75, 3.05) is 24.3 Å². The molecule has 3 aromatic rings. The SMILES string of the molecule is CC(=O)N1c2ccc(-c3cccc(C(=O)N(C)C)c3)cc2C(Nc2cccnc2)CC1C. The Morgan fingerprint density at radius 1 is 1.06 bits per heavy atom. The highest BCUT2D eigenvalue weighted by Crippen LogP contribution is 2.41. The molecule has 2 heterocycles. The number of carbonyl (C=O) groups excluding carboxylic acids is 2. The highest BCUT2D eigenvalue weighted by atomic mass is 16.2. The molecule has 6 nitrogen and oxygen atoms in total. The first kappa shape index (κ1) is 21.6. The van der Waals surface area contributed by atoms with Crippen LogP contribution >= 0.6 is 0 Å². The van der Waals surface area contributed by atoms with Crippen LogP contribution < -0.4 is 10.2 Å². The quantitative estimate of drug-likeness (QED) is 0.651. The minimum Gasteiger partial charge on any atom is -0.377 e. The van der Waals surface area contributed by atoms with E-state index in [9.17, 15) is 9.59 Å². The molecule has 0 spiro atoms. The number of aromatic nitrogens is 1. The summed E-state index contributed by atoms with van der Waals surface area (Å²) in [6.45, 7) is 3.69. The Hall–Kier alpha value is -3.67. The van der Waals surface area contributed by atoms with Gasteiger partial charge in [0.15, 0.2) is 0 Å². The average Bonchev–Trinajstić information content (AvgIpc) is 2.78. The highest BCUT2D eigenvalue weighted by Gasteiger charge is 2.32. The van der Waals surface area contributed by atoms with Crippen LogP contribution in [0.15, 0.2) is 67.0 Å². The summed E-state index contributed by atoms with van der Waals surface area (Å²) < 4.78 is 0. The molecule has 1 aliphatic rings. The minimum atomic E-state index is -0.0301. The molecule has 164 valence electrons.